The highest BCUT2D eigenvalue weighted by Crippen LogP contribution is 2.31. The van der Waals surface area contributed by atoms with Crippen LogP contribution in [0.15, 0.2) is 24.4 Å². The van der Waals surface area contributed by atoms with Gasteiger partial charge in [0.15, 0.2) is 5.75 Å². The Morgan fingerprint density at radius 2 is 2.24 bits per heavy atom. The van der Waals surface area contributed by atoms with Crippen LogP contribution >= 0.6 is 11.6 Å². The molecule has 1 atom stereocenters. The van der Waals surface area contributed by atoms with E-state index in [4.69, 9.17) is 22.2 Å². The molecule has 1 heterocycles. The van der Waals surface area contributed by atoms with E-state index in [1.54, 1.807) is 13.3 Å². The quantitative estimate of drug-likeness (QED) is 0.636. The minimum absolute atomic E-state index is 0.230. The molecule has 21 heavy (non-hydrogen) atoms. The Hall–Kier alpha value is -1.56. The minimum atomic E-state index is -0.230. The highest BCUT2D eigenvalue weighted by molar-refractivity contribution is 6.31. The van der Waals surface area contributed by atoms with Gasteiger partial charge in [-0.1, -0.05) is 30.7 Å². The van der Waals surface area contributed by atoms with Crippen LogP contribution in [0.3, 0.4) is 0 Å². The molecule has 0 aliphatic carbocycles. The monoisotopic (exact) mass is 308 g/mol. The molecule has 0 aliphatic rings. The Kier molecular flexibility index (Phi) is 5.22. The van der Waals surface area contributed by atoms with Gasteiger partial charge < -0.3 is 4.74 Å². The number of ether oxygens (including phenoxy) is 1. The topological polar surface area (TPSA) is 65.1 Å². The van der Waals surface area contributed by atoms with Crippen LogP contribution in [-0.4, -0.2) is 16.9 Å². The molecule has 0 amide bonds. The zero-order chi connectivity index (χ0) is 15.4. The van der Waals surface area contributed by atoms with Crippen molar-refractivity contribution < 1.29 is 4.74 Å². The van der Waals surface area contributed by atoms with Crippen LogP contribution in [0, 0.1) is 6.92 Å². The summed E-state index contributed by atoms with van der Waals surface area (Å²) in [5, 5.41) is 5.09. The third-order valence-corrected chi connectivity index (χ3v) is 3.88. The number of halogens is 1. The van der Waals surface area contributed by atoms with Crippen LogP contribution < -0.4 is 16.0 Å². The largest absolute Gasteiger partial charge is 0.493 e. The number of aryl methyl sites for hydroxylation is 2. The summed E-state index contributed by atoms with van der Waals surface area (Å²) in [5.74, 6) is 6.49. The fourth-order valence-corrected chi connectivity index (χ4v) is 2.53. The second-order valence-electron chi connectivity index (χ2n) is 4.93. The summed E-state index contributed by atoms with van der Waals surface area (Å²) in [6.07, 6.45) is 2.69. The lowest BCUT2D eigenvalue weighted by atomic mass is 10.0. The Morgan fingerprint density at radius 3 is 2.81 bits per heavy atom. The van der Waals surface area contributed by atoms with E-state index >= 15 is 0 Å². The first kappa shape index (κ1) is 15.8. The second kappa shape index (κ2) is 6.93. The van der Waals surface area contributed by atoms with Gasteiger partial charge in [-0.3, -0.25) is 10.5 Å². The van der Waals surface area contributed by atoms with Gasteiger partial charge >= 0.3 is 0 Å². The standard InChI is InChI=1S/C15H21ClN4O/c1-4-7-20-15(13(21-3)9-18-20)14(19-17)11-6-5-10(2)12(16)8-11/h5-6,8-9,14,19H,4,7,17H2,1-3H3. The molecule has 0 saturated carbocycles. The molecule has 0 aliphatic heterocycles. The Labute approximate surface area is 130 Å². The van der Waals surface area contributed by atoms with Gasteiger partial charge in [0, 0.05) is 11.6 Å². The molecular weight excluding hydrogens is 288 g/mol. The first-order valence-corrected chi connectivity index (χ1v) is 7.32. The van der Waals surface area contributed by atoms with Crippen molar-refractivity contribution in [3.8, 4) is 5.75 Å². The lowest BCUT2D eigenvalue weighted by molar-refractivity contribution is 0.398. The maximum absolute atomic E-state index is 6.23. The van der Waals surface area contributed by atoms with Gasteiger partial charge in [0.25, 0.3) is 0 Å². The number of nitrogens with one attached hydrogen (secondary N) is 1. The van der Waals surface area contributed by atoms with Crippen LogP contribution in [0.25, 0.3) is 0 Å². The predicted molar refractivity (Wildman–Crippen MR) is 84.4 cm³/mol. The van der Waals surface area contributed by atoms with Gasteiger partial charge in [0.1, 0.15) is 5.69 Å². The smallest absolute Gasteiger partial charge is 0.161 e. The maximum atomic E-state index is 6.23. The molecule has 5 nitrogen and oxygen atoms in total. The Morgan fingerprint density at radius 1 is 1.48 bits per heavy atom. The second-order valence-corrected chi connectivity index (χ2v) is 5.34. The minimum Gasteiger partial charge on any atom is -0.493 e. The zero-order valence-electron chi connectivity index (χ0n) is 12.6. The van der Waals surface area contributed by atoms with E-state index in [1.807, 2.05) is 29.8 Å². The van der Waals surface area contributed by atoms with E-state index in [0.29, 0.717) is 10.8 Å². The number of methoxy groups -OCH3 is 1. The van der Waals surface area contributed by atoms with Crippen molar-refractivity contribution in [2.24, 2.45) is 5.84 Å². The molecule has 0 radical (unpaired) electrons. The molecule has 0 saturated heterocycles. The van der Waals surface area contributed by atoms with Crippen LogP contribution in [0.2, 0.25) is 5.02 Å². The van der Waals surface area contributed by atoms with E-state index in [1.165, 1.54) is 0 Å². The summed E-state index contributed by atoms with van der Waals surface area (Å²) in [6, 6.07) is 5.68. The van der Waals surface area contributed by atoms with Gasteiger partial charge in [-0.15, -0.1) is 0 Å². The van der Waals surface area contributed by atoms with Crippen molar-refractivity contribution in [1.82, 2.24) is 15.2 Å². The molecule has 0 bridgehead atoms. The van der Waals surface area contributed by atoms with Crippen molar-refractivity contribution in [2.75, 3.05) is 7.11 Å². The highest BCUT2D eigenvalue weighted by Gasteiger charge is 2.23. The number of hydrazine groups is 1. The number of hydrogen-bond donors (Lipinski definition) is 2. The van der Waals surface area contributed by atoms with Crippen LogP contribution in [0.4, 0.5) is 0 Å². The zero-order valence-corrected chi connectivity index (χ0v) is 13.3. The predicted octanol–water partition coefficient (Wildman–Crippen LogP) is 2.82. The molecule has 2 rings (SSSR count). The van der Waals surface area contributed by atoms with Crippen molar-refractivity contribution in [2.45, 2.75) is 32.9 Å². The maximum Gasteiger partial charge on any atom is 0.161 e. The summed E-state index contributed by atoms with van der Waals surface area (Å²) in [7, 11) is 1.63. The number of benzene rings is 1. The summed E-state index contributed by atoms with van der Waals surface area (Å²) in [5.41, 5.74) is 5.75. The summed E-state index contributed by atoms with van der Waals surface area (Å²) >= 11 is 6.23. The molecule has 1 unspecified atom stereocenters. The first-order chi connectivity index (χ1) is 10.1. The van der Waals surface area contributed by atoms with Gasteiger partial charge in [0.2, 0.25) is 0 Å². The van der Waals surface area contributed by atoms with E-state index < -0.39 is 0 Å². The van der Waals surface area contributed by atoms with Crippen molar-refractivity contribution in [1.29, 1.82) is 0 Å². The molecule has 6 heteroatoms. The fraction of sp³-hybridized carbons (Fsp3) is 0.400. The van der Waals surface area contributed by atoms with Crippen LogP contribution in [0.1, 0.15) is 36.2 Å². The summed E-state index contributed by atoms with van der Waals surface area (Å²) in [6.45, 7) is 4.88. The van der Waals surface area contributed by atoms with E-state index in [2.05, 4.69) is 17.4 Å². The lowest BCUT2D eigenvalue weighted by Crippen LogP contribution is -2.31. The van der Waals surface area contributed by atoms with Crippen molar-refractivity contribution in [3.05, 3.63) is 46.2 Å². The molecule has 3 N–H and O–H groups in total. The molecule has 2 aromatic rings. The summed E-state index contributed by atoms with van der Waals surface area (Å²) < 4.78 is 7.33. The van der Waals surface area contributed by atoms with Crippen molar-refractivity contribution >= 4 is 11.6 Å². The first-order valence-electron chi connectivity index (χ1n) is 6.94. The van der Waals surface area contributed by atoms with Crippen LogP contribution in [0.5, 0.6) is 5.75 Å². The van der Waals surface area contributed by atoms with E-state index in [0.717, 1.165) is 29.8 Å². The van der Waals surface area contributed by atoms with Gasteiger partial charge in [0.05, 0.1) is 19.3 Å². The number of nitrogens with zero attached hydrogens (tertiary/aromatic N) is 2. The average molecular weight is 309 g/mol. The highest BCUT2D eigenvalue weighted by atomic mass is 35.5. The molecular formula is C15H21ClN4O. The third-order valence-electron chi connectivity index (χ3n) is 3.47. The molecule has 1 aromatic carbocycles. The molecule has 0 fully saturated rings. The molecule has 114 valence electrons. The SMILES string of the molecule is CCCn1ncc(OC)c1C(NN)c1ccc(C)c(Cl)c1. The molecule has 0 spiro atoms. The average Bonchev–Trinajstić information content (AvgIpc) is 2.87. The molecule has 1 aromatic heterocycles. The van der Waals surface area contributed by atoms with Crippen molar-refractivity contribution in [3.63, 3.8) is 0 Å². The fourth-order valence-electron chi connectivity index (χ4n) is 2.34. The van der Waals surface area contributed by atoms with Gasteiger partial charge in [-0.2, -0.15) is 5.10 Å². The van der Waals surface area contributed by atoms with E-state index in [9.17, 15) is 0 Å². The normalized spacial score (nSPS) is 12.4. The van der Waals surface area contributed by atoms with E-state index in [-0.39, 0.29) is 6.04 Å². The van der Waals surface area contributed by atoms with Gasteiger partial charge in [-0.25, -0.2) is 5.43 Å². The van der Waals surface area contributed by atoms with Gasteiger partial charge in [-0.05, 0) is 30.5 Å². The number of rotatable bonds is 6. The number of aromatic nitrogens is 2. The summed E-state index contributed by atoms with van der Waals surface area (Å²) in [4.78, 5) is 0. The number of nitrogens with two attached hydrogens (primary N) is 1. The Balaban J connectivity index is 2.49. The van der Waals surface area contributed by atoms with Crippen LogP contribution in [-0.2, 0) is 6.54 Å². The number of hydrogen-bond acceptors (Lipinski definition) is 4. The Bertz CT molecular complexity index is 612. The lowest BCUT2D eigenvalue weighted by Gasteiger charge is -2.20. The third kappa shape index (κ3) is 3.20.